The summed E-state index contributed by atoms with van der Waals surface area (Å²) in [6.07, 6.45) is 1.03. The standard InChI is InChI=1S/C11H16Cl2N2/c1-3-7(2)11(15-14)8-5-4-6-9(12)10(8)13/h4-7,11,15H,3,14H2,1-2H3. The lowest BCUT2D eigenvalue weighted by atomic mass is 9.93. The minimum Gasteiger partial charge on any atom is -0.271 e. The highest BCUT2D eigenvalue weighted by Crippen LogP contribution is 2.33. The molecule has 3 N–H and O–H groups in total. The van der Waals surface area contributed by atoms with Crippen molar-refractivity contribution in [1.82, 2.24) is 5.43 Å². The molecule has 4 heteroatoms. The molecule has 2 atom stereocenters. The van der Waals surface area contributed by atoms with Crippen LogP contribution < -0.4 is 11.3 Å². The fraction of sp³-hybridized carbons (Fsp3) is 0.455. The molecule has 0 fully saturated rings. The quantitative estimate of drug-likeness (QED) is 0.630. The third-order valence-electron chi connectivity index (χ3n) is 2.71. The van der Waals surface area contributed by atoms with E-state index in [1.54, 1.807) is 6.07 Å². The first-order valence-electron chi connectivity index (χ1n) is 5.01. The summed E-state index contributed by atoms with van der Waals surface area (Å²) in [5.74, 6) is 5.96. The van der Waals surface area contributed by atoms with Crippen LogP contribution in [0.1, 0.15) is 31.9 Å². The minimum absolute atomic E-state index is 0.0428. The van der Waals surface area contributed by atoms with Crippen molar-refractivity contribution < 1.29 is 0 Å². The van der Waals surface area contributed by atoms with Crippen molar-refractivity contribution in [3.8, 4) is 0 Å². The second kappa shape index (κ2) is 5.71. The Bertz CT molecular complexity index is 328. The fourth-order valence-corrected chi connectivity index (χ4v) is 1.98. The number of halogens is 2. The van der Waals surface area contributed by atoms with Crippen LogP contribution in [-0.2, 0) is 0 Å². The van der Waals surface area contributed by atoms with Gasteiger partial charge in [-0.15, -0.1) is 0 Å². The lowest BCUT2D eigenvalue weighted by Gasteiger charge is -2.23. The monoisotopic (exact) mass is 246 g/mol. The highest BCUT2D eigenvalue weighted by molar-refractivity contribution is 6.42. The zero-order valence-corrected chi connectivity index (χ0v) is 10.4. The maximum atomic E-state index is 6.14. The van der Waals surface area contributed by atoms with Crippen molar-refractivity contribution in [3.05, 3.63) is 33.8 Å². The van der Waals surface area contributed by atoms with Crippen LogP contribution in [0.2, 0.25) is 10.0 Å². The molecule has 15 heavy (non-hydrogen) atoms. The summed E-state index contributed by atoms with van der Waals surface area (Å²) in [5.41, 5.74) is 3.75. The van der Waals surface area contributed by atoms with E-state index in [-0.39, 0.29) is 6.04 Å². The van der Waals surface area contributed by atoms with Gasteiger partial charge in [-0.2, -0.15) is 0 Å². The predicted octanol–water partition coefficient (Wildman–Crippen LogP) is 3.54. The molecule has 0 amide bonds. The number of hydrazine groups is 1. The van der Waals surface area contributed by atoms with Gasteiger partial charge in [0.05, 0.1) is 16.1 Å². The molecule has 0 aliphatic heterocycles. The molecule has 0 aromatic heterocycles. The Morgan fingerprint density at radius 3 is 2.60 bits per heavy atom. The number of benzene rings is 1. The highest BCUT2D eigenvalue weighted by atomic mass is 35.5. The SMILES string of the molecule is CCC(C)C(NN)c1cccc(Cl)c1Cl. The van der Waals surface area contributed by atoms with Crippen molar-refractivity contribution in [2.24, 2.45) is 11.8 Å². The Labute approximate surface area is 101 Å². The molecule has 84 valence electrons. The molecule has 1 rings (SSSR count). The number of hydrogen-bond donors (Lipinski definition) is 2. The summed E-state index contributed by atoms with van der Waals surface area (Å²) in [6.45, 7) is 4.25. The number of hydrogen-bond acceptors (Lipinski definition) is 2. The van der Waals surface area contributed by atoms with Crippen LogP contribution in [0.25, 0.3) is 0 Å². The van der Waals surface area contributed by atoms with Crippen molar-refractivity contribution in [2.75, 3.05) is 0 Å². The molecule has 0 heterocycles. The van der Waals surface area contributed by atoms with E-state index in [0.717, 1.165) is 12.0 Å². The summed E-state index contributed by atoms with van der Waals surface area (Å²) in [6, 6.07) is 5.65. The van der Waals surface area contributed by atoms with Crippen LogP contribution in [0.5, 0.6) is 0 Å². The third kappa shape index (κ3) is 2.85. The van der Waals surface area contributed by atoms with Crippen LogP contribution >= 0.6 is 23.2 Å². The van der Waals surface area contributed by atoms with E-state index in [9.17, 15) is 0 Å². The summed E-state index contributed by atoms with van der Waals surface area (Å²) in [7, 11) is 0. The fourth-order valence-electron chi connectivity index (χ4n) is 1.56. The molecule has 2 unspecified atom stereocenters. The van der Waals surface area contributed by atoms with Gasteiger partial charge < -0.3 is 0 Å². The molecular weight excluding hydrogens is 231 g/mol. The molecule has 1 aromatic rings. The van der Waals surface area contributed by atoms with Gasteiger partial charge in [0, 0.05) is 0 Å². The summed E-state index contributed by atoms with van der Waals surface area (Å²) < 4.78 is 0. The van der Waals surface area contributed by atoms with Gasteiger partial charge in [0.1, 0.15) is 0 Å². The molecular formula is C11H16Cl2N2. The predicted molar refractivity (Wildman–Crippen MR) is 66.0 cm³/mol. The van der Waals surface area contributed by atoms with E-state index in [4.69, 9.17) is 29.0 Å². The van der Waals surface area contributed by atoms with Crippen molar-refractivity contribution >= 4 is 23.2 Å². The maximum absolute atomic E-state index is 6.14. The molecule has 0 aliphatic rings. The normalized spacial score (nSPS) is 15.0. The van der Waals surface area contributed by atoms with Crippen LogP contribution in [-0.4, -0.2) is 0 Å². The largest absolute Gasteiger partial charge is 0.271 e. The summed E-state index contributed by atoms with van der Waals surface area (Å²) in [5, 5.41) is 1.15. The molecule has 0 spiro atoms. The van der Waals surface area contributed by atoms with Gasteiger partial charge in [-0.1, -0.05) is 55.6 Å². The maximum Gasteiger partial charge on any atom is 0.0640 e. The summed E-state index contributed by atoms with van der Waals surface area (Å²) >= 11 is 12.1. The first kappa shape index (κ1) is 12.8. The van der Waals surface area contributed by atoms with Gasteiger partial charge in [-0.05, 0) is 17.5 Å². The zero-order chi connectivity index (χ0) is 11.4. The molecule has 0 aliphatic carbocycles. The number of rotatable bonds is 4. The first-order valence-corrected chi connectivity index (χ1v) is 5.77. The Balaban J connectivity index is 3.07. The van der Waals surface area contributed by atoms with Crippen LogP contribution in [0.15, 0.2) is 18.2 Å². The second-order valence-electron chi connectivity index (χ2n) is 3.67. The topological polar surface area (TPSA) is 38.0 Å². The number of nitrogens with two attached hydrogens (primary N) is 1. The molecule has 2 nitrogen and oxygen atoms in total. The molecule has 1 aromatic carbocycles. The zero-order valence-electron chi connectivity index (χ0n) is 8.93. The van der Waals surface area contributed by atoms with Crippen molar-refractivity contribution in [2.45, 2.75) is 26.3 Å². The van der Waals surface area contributed by atoms with Crippen LogP contribution in [0, 0.1) is 5.92 Å². The molecule has 0 radical (unpaired) electrons. The van der Waals surface area contributed by atoms with E-state index >= 15 is 0 Å². The van der Waals surface area contributed by atoms with Crippen molar-refractivity contribution in [1.29, 1.82) is 0 Å². The lowest BCUT2D eigenvalue weighted by Crippen LogP contribution is -2.32. The van der Waals surface area contributed by atoms with E-state index in [1.807, 2.05) is 12.1 Å². The molecule has 0 saturated heterocycles. The van der Waals surface area contributed by atoms with Gasteiger partial charge in [-0.25, -0.2) is 0 Å². The average molecular weight is 247 g/mol. The Hall–Kier alpha value is -0.280. The van der Waals surface area contributed by atoms with Crippen LogP contribution in [0.4, 0.5) is 0 Å². The minimum atomic E-state index is 0.0428. The van der Waals surface area contributed by atoms with Crippen molar-refractivity contribution in [3.63, 3.8) is 0 Å². The van der Waals surface area contributed by atoms with Crippen LogP contribution in [0.3, 0.4) is 0 Å². The summed E-state index contributed by atoms with van der Waals surface area (Å²) in [4.78, 5) is 0. The Morgan fingerprint density at radius 1 is 1.40 bits per heavy atom. The van der Waals surface area contributed by atoms with E-state index in [0.29, 0.717) is 16.0 Å². The smallest absolute Gasteiger partial charge is 0.0640 e. The molecule has 0 bridgehead atoms. The van der Waals surface area contributed by atoms with Gasteiger partial charge in [0.2, 0.25) is 0 Å². The number of nitrogens with one attached hydrogen (secondary N) is 1. The average Bonchev–Trinajstić information content (AvgIpc) is 2.24. The van der Waals surface area contributed by atoms with E-state index in [1.165, 1.54) is 0 Å². The Kier molecular flexibility index (Phi) is 4.87. The third-order valence-corrected chi connectivity index (χ3v) is 3.54. The van der Waals surface area contributed by atoms with E-state index < -0.39 is 0 Å². The van der Waals surface area contributed by atoms with Gasteiger partial charge in [-0.3, -0.25) is 11.3 Å². The van der Waals surface area contributed by atoms with Gasteiger partial charge >= 0.3 is 0 Å². The first-order chi connectivity index (χ1) is 7.11. The lowest BCUT2D eigenvalue weighted by molar-refractivity contribution is 0.383. The van der Waals surface area contributed by atoms with Gasteiger partial charge in [0.25, 0.3) is 0 Å². The highest BCUT2D eigenvalue weighted by Gasteiger charge is 2.19. The second-order valence-corrected chi connectivity index (χ2v) is 4.46. The molecule has 0 saturated carbocycles. The van der Waals surface area contributed by atoms with Gasteiger partial charge in [0.15, 0.2) is 0 Å². The Morgan fingerprint density at radius 2 is 2.07 bits per heavy atom. The van der Waals surface area contributed by atoms with E-state index in [2.05, 4.69) is 19.3 Å².